The molecule has 0 saturated carbocycles. The van der Waals surface area contributed by atoms with Crippen LogP contribution in [0.2, 0.25) is 0 Å². The number of hydrogen-bond donors (Lipinski definition) is 2. The molecule has 0 atom stereocenters. The predicted octanol–water partition coefficient (Wildman–Crippen LogP) is 1.43. The lowest BCUT2D eigenvalue weighted by Crippen LogP contribution is -2.48. The topological polar surface area (TPSA) is 129 Å². The lowest BCUT2D eigenvalue weighted by atomic mass is 9.98. The van der Waals surface area contributed by atoms with Crippen LogP contribution in [0.15, 0.2) is 53.4 Å². The second-order valence-electron chi connectivity index (χ2n) is 6.96. The molecule has 2 N–H and O–H groups in total. The van der Waals surface area contributed by atoms with E-state index < -0.39 is 21.8 Å². The van der Waals surface area contributed by atoms with E-state index in [0.29, 0.717) is 24.2 Å². The molecule has 1 aliphatic heterocycles. The normalized spacial score (nSPS) is 15.0. The first kappa shape index (κ1) is 22.3. The van der Waals surface area contributed by atoms with Gasteiger partial charge in [0, 0.05) is 24.6 Å². The van der Waals surface area contributed by atoms with E-state index in [1.54, 1.807) is 36.4 Å². The van der Waals surface area contributed by atoms with Gasteiger partial charge in [-0.1, -0.05) is 12.1 Å². The third-order valence-corrected chi connectivity index (χ3v) is 7.06. The summed E-state index contributed by atoms with van der Waals surface area (Å²) in [7, 11) is -2.30. The number of nitriles is 1. The summed E-state index contributed by atoms with van der Waals surface area (Å²) in [4.78, 5) is 24.5. The van der Waals surface area contributed by atoms with Crippen molar-refractivity contribution in [3.8, 4) is 11.8 Å². The van der Waals surface area contributed by atoms with E-state index in [4.69, 9.17) is 4.74 Å². The Labute approximate surface area is 180 Å². The van der Waals surface area contributed by atoms with Crippen LogP contribution in [0.4, 0.5) is 0 Å². The van der Waals surface area contributed by atoms with Crippen LogP contribution in [0.3, 0.4) is 0 Å². The second kappa shape index (κ2) is 9.59. The number of methoxy groups -OCH3 is 1. The Bertz CT molecular complexity index is 1100. The first-order valence-corrected chi connectivity index (χ1v) is 11.0. The molecule has 1 aliphatic rings. The third-order valence-electron chi connectivity index (χ3n) is 5.10. The molecule has 0 aromatic heterocycles. The quantitative estimate of drug-likeness (QED) is 0.674. The van der Waals surface area contributed by atoms with Crippen LogP contribution in [0.5, 0.6) is 5.75 Å². The first-order chi connectivity index (χ1) is 14.9. The molecule has 10 heteroatoms. The van der Waals surface area contributed by atoms with Crippen LogP contribution in [0, 0.1) is 17.2 Å². The van der Waals surface area contributed by atoms with Gasteiger partial charge in [-0.05, 0) is 49.2 Å². The molecule has 1 saturated heterocycles. The summed E-state index contributed by atoms with van der Waals surface area (Å²) in [6.07, 6.45) is 0.608. The standard InChI is InChI=1S/C21H22N4O5S/c1-30-18-8-6-15(7-9-18)20(26)23-24-21(27)16-10-12-25(13-11-16)31(28,29)19-5-3-2-4-17(19)14-22/h2-9,16H,10-13H2,1H3,(H,23,26)(H,24,27). The van der Waals surface area contributed by atoms with Crippen LogP contribution in [-0.4, -0.2) is 44.7 Å². The van der Waals surface area contributed by atoms with Gasteiger partial charge in [-0.15, -0.1) is 0 Å². The van der Waals surface area contributed by atoms with Gasteiger partial charge in [0.05, 0.1) is 17.6 Å². The van der Waals surface area contributed by atoms with Crippen molar-refractivity contribution in [3.05, 3.63) is 59.7 Å². The minimum Gasteiger partial charge on any atom is -0.497 e. The van der Waals surface area contributed by atoms with E-state index in [2.05, 4.69) is 10.9 Å². The summed E-state index contributed by atoms with van der Waals surface area (Å²) in [6.45, 7) is 0.291. The number of hydrazine groups is 1. The van der Waals surface area contributed by atoms with Gasteiger partial charge >= 0.3 is 0 Å². The summed E-state index contributed by atoms with van der Waals surface area (Å²) in [6, 6.07) is 14.4. The summed E-state index contributed by atoms with van der Waals surface area (Å²) in [5.74, 6) is -0.672. The number of hydrogen-bond acceptors (Lipinski definition) is 6. The van der Waals surface area contributed by atoms with Gasteiger partial charge in [-0.25, -0.2) is 8.42 Å². The molecule has 3 rings (SSSR count). The third kappa shape index (κ3) is 5.02. The maximum Gasteiger partial charge on any atom is 0.269 e. The van der Waals surface area contributed by atoms with Crippen LogP contribution in [0.1, 0.15) is 28.8 Å². The minimum absolute atomic E-state index is 0.0350. The number of ether oxygens (including phenoxy) is 1. The van der Waals surface area contributed by atoms with Gasteiger partial charge in [0.25, 0.3) is 5.91 Å². The van der Waals surface area contributed by atoms with Crippen molar-refractivity contribution in [2.75, 3.05) is 20.2 Å². The maximum absolute atomic E-state index is 12.9. The summed E-state index contributed by atoms with van der Waals surface area (Å²) >= 11 is 0. The van der Waals surface area contributed by atoms with Gasteiger partial charge in [0.15, 0.2) is 0 Å². The molecular weight excluding hydrogens is 420 g/mol. The fraction of sp³-hybridized carbons (Fsp3) is 0.286. The van der Waals surface area contributed by atoms with Crippen LogP contribution < -0.4 is 15.6 Å². The molecule has 0 spiro atoms. The van der Waals surface area contributed by atoms with Crippen molar-refractivity contribution in [1.29, 1.82) is 5.26 Å². The van der Waals surface area contributed by atoms with Gasteiger partial charge in [-0.3, -0.25) is 20.4 Å². The average Bonchev–Trinajstić information content (AvgIpc) is 2.82. The number of carbonyl (C=O) groups is 2. The molecule has 31 heavy (non-hydrogen) atoms. The molecule has 1 heterocycles. The van der Waals surface area contributed by atoms with E-state index in [-0.39, 0.29) is 29.5 Å². The molecule has 0 aliphatic carbocycles. The van der Waals surface area contributed by atoms with Crippen molar-refractivity contribution in [3.63, 3.8) is 0 Å². The Kier molecular flexibility index (Phi) is 6.89. The summed E-state index contributed by atoms with van der Waals surface area (Å²) < 4.78 is 32.1. The van der Waals surface area contributed by atoms with Crippen molar-refractivity contribution >= 4 is 21.8 Å². The number of rotatable bonds is 5. The van der Waals surface area contributed by atoms with E-state index >= 15 is 0 Å². The zero-order chi connectivity index (χ0) is 22.4. The molecule has 9 nitrogen and oxygen atoms in total. The fourth-order valence-corrected chi connectivity index (χ4v) is 4.93. The van der Waals surface area contributed by atoms with Crippen LogP contribution >= 0.6 is 0 Å². The minimum atomic E-state index is -3.82. The highest BCUT2D eigenvalue weighted by molar-refractivity contribution is 7.89. The zero-order valence-corrected chi connectivity index (χ0v) is 17.7. The summed E-state index contributed by atoms with van der Waals surface area (Å²) in [5, 5.41) is 9.18. The highest BCUT2D eigenvalue weighted by Crippen LogP contribution is 2.25. The van der Waals surface area contributed by atoms with Gasteiger partial charge in [0.1, 0.15) is 11.8 Å². The Hall–Kier alpha value is -3.42. The molecule has 0 radical (unpaired) electrons. The predicted molar refractivity (Wildman–Crippen MR) is 111 cm³/mol. The van der Waals surface area contributed by atoms with Crippen molar-refractivity contribution in [1.82, 2.24) is 15.2 Å². The van der Waals surface area contributed by atoms with Crippen molar-refractivity contribution in [2.45, 2.75) is 17.7 Å². The van der Waals surface area contributed by atoms with Crippen molar-refractivity contribution < 1.29 is 22.7 Å². The molecule has 0 unspecified atom stereocenters. The molecule has 2 aromatic carbocycles. The first-order valence-electron chi connectivity index (χ1n) is 9.60. The largest absolute Gasteiger partial charge is 0.497 e. The molecular formula is C21H22N4O5S. The summed E-state index contributed by atoms with van der Waals surface area (Å²) in [5.41, 5.74) is 5.22. The molecule has 0 bridgehead atoms. The molecule has 1 fully saturated rings. The molecule has 2 aromatic rings. The molecule has 2 amide bonds. The monoisotopic (exact) mass is 442 g/mol. The number of sulfonamides is 1. The van der Waals surface area contributed by atoms with Crippen LogP contribution in [0.25, 0.3) is 0 Å². The number of nitrogens with zero attached hydrogens (tertiary/aromatic N) is 2. The SMILES string of the molecule is COc1ccc(C(=O)NNC(=O)C2CCN(S(=O)(=O)c3ccccc3C#N)CC2)cc1. The number of amides is 2. The van der Waals surface area contributed by atoms with Crippen LogP contribution in [-0.2, 0) is 14.8 Å². The van der Waals surface area contributed by atoms with E-state index in [1.807, 2.05) is 6.07 Å². The number of piperidine rings is 1. The number of carbonyl (C=O) groups excluding carboxylic acids is 2. The van der Waals surface area contributed by atoms with Crippen molar-refractivity contribution in [2.24, 2.45) is 5.92 Å². The van der Waals surface area contributed by atoms with Gasteiger partial charge in [0.2, 0.25) is 15.9 Å². The Morgan fingerprint density at radius 3 is 2.32 bits per heavy atom. The van der Waals surface area contributed by atoms with Gasteiger partial charge in [-0.2, -0.15) is 9.57 Å². The van der Waals surface area contributed by atoms with E-state index in [0.717, 1.165) is 0 Å². The lowest BCUT2D eigenvalue weighted by molar-refractivity contribution is -0.126. The maximum atomic E-state index is 12.9. The smallest absolute Gasteiger partial charge is 0.269 e. The Morgan fingerprint density at radius 2 is 1.71 bits per heavy atom. The lowest BCUT2D eigenvalue weighted by Gasteiger charge is -2.30. The molecule has 162 valence electrons. The van der Waals surface area contributed by atoms with Gasteiger partial charge < -0.3 is 4.74 Å². The Balaban J connectivity index is 1.54. The highest BCUT2D eigenvalue weighted by Gasteiger charge is 2.33. The zero-order valence-electron chi connectivity index (χ0n) is 16.9. The second-order valence-corrected chi connectivity index (χ2v) is 8.86. The number of benzene rings is 2. The fourth-order valence-electron chi connectivity index (χ4n) is 3.32. The Morgan fingerprint density at radius 1 is 1.06 bits per heavy atom. The average molecular weight is 442 g/mol. The van der Waals surface area contributed by atoms with E-state index in [1.165, 1.54) is 23.5 Å². The number of nitrogens with one attached hydrogen (secondary N) is 2. The highest BCUT2D eigenvalue weighted by atomic mass is 32.2. The van der Waals surface area contributed by atoms with E-state index in [9.17, 15) is 23.3 Å².